The van der Waals surface area contributed by atoms with Crippen molar-refractivity contribution in [1.29, 1.82) is 0 Å². The average Bonchev–Trinajstić information content (AvgIpc) is 2.56. The van der Waals surface area contributed by atoms with E-state index in [1.54, 1.807) is 13.8 Å². The number of ether oxygens (including phenoxy) is 4. The molecule has 0 fully saturated rings. The van der Waals surface area contributed by atoms with Gasteiger partial charge in [-0.25, -0.2) is 9.59 Å². The minimum absolute atomic E-state index is 0.0732. The molecule has 0 bridgehead atoms. The van der Waals surface area contributed by atoms with E-state index < -0.39 is 36.1 Å². The molecule has 0 radical (unpaired) electrons. The molecule has 0 heterocycles. The summed E-state index contributed by atoms with van der Waals surface area (Å²) in [4.78, 5) is 45.4. The Morgan fingerprint density at radius 3 is 1.31 bits per heavy atom. The smallest absolute Gasteiger partial charge is 0.338 e. The highest BCUT2D eigenvalue weighted by Gasteiger charge is 2.15. The van der Waals surface area contributed by atoms with Crippen LogP contribution in [0, 0.1) is 0 Å². The fourth-order valence-corrected chi connectivity index (χ4v) is 1.93. The maximum atomic E-state index is 11.9. The maximum Gasteiger partial charge on any atom is 0.338 e. The van der Waals surface area contributed by atoms with Crippen molar-refractivity contribution >= 4 is 23.9 Å². The van der Waals surface area contributed by atoms with Crippen molar-refractivity contribution in [2.24, 2.45) is 0 Å². The van der Waals surface area contributed by atoms with Crippen molar-refractivity contribution in [3.8, 4) is 0 Å². The molecule has 0 amide bonds. The van der Waals surface area contributed by atoms with E-state index in [0.29, 0.717) is 0 Å². The summed E-state index contributed by atoms with van der Waals surface area (Å²) >= 11 is 0. The normalized spacial score (nSPS) is 12.5. The molecule has 1 aromatic rings. The second-order valence-corrected chi connectivity index (χ2v) is 5.61. The van der Waals surface area contributed by atoms with Gasteiger partial charge in [-0.15, -0.1) is 0 Å². The number of carbonyl (C=O) groups is 4. The van der Waals surface area contributed by atoms with Gasteiger partial charge < -0.3 is 18.9 Å². The molecule has 1 aromatic carbocycles. The molecule has 0 aliphatic rings. The van der Waals surface area contributed by atoms with Crippen LogP contribution in [0.2, 0.25) is 0 Å². The van der Waals surface area contributed by atoms with Crippen molar-refractivity contribution in [2.75, 3.05) is 13.2 Å². The Morgan fingerprint density at radius 2 is 1.04 bits per heavy atom. The third-order valence-electron chi connectivity index (χ3n) is 2.99. The quantitative estimate of drug-likeness (QED) is 0.507. The molecule has 0 saturated heterocycles. The first-order chi connectivity index (χ1) is 12.2. The third-order valence-corrected chi connectivity index (χ3v) is 2.99. The van der Waals surface area contributed by atoms with Crippen molar-refractivity contribution in [1.82, 2.24) is 0 Å². The van der Waals surface area contributed by atoms with Crippen LogP contribution in [0.3, 0.4) is 0 Å². The van der Waals surface area contributed by atoms with Gasteiger partial charge in [0.15, 0.2) is 0 Å². The van der Waals surface area contributed by atoms with E-state index in [2.05, 4.69) is 0 Å². The number of hydrogen-bond acceptors (Lipinski definition) is 8. The number of benzene rings is 1. The molecule has 0 unspecified atom stereocenters. The van der Waals surface area contributed by atoms with Crippen molar-refractivity contribution in [3.05, 3.63) is 35.4 Å². The maximum absolute atomic E-state index is 11.9. The van der Waals surface area contributed by atoms with Crippen LogP contribution in [0.1, 0.15) is 48.4 Å². The number of carbonyl (C=O) groups excluding carboxylic acids is 4. The Kier molecular flexibility index (Phi) is 8.27. The van der Waals surface area contributed by atoms with Crippen LogP contribution in [-0.4, -0.2) is 49.3 Å². The highest BCUT2D eigenvalue weighted by atomic mass is 16.6. The Morgan fingerprint density at radius 1 is 0.731 bits per heavy atom. The predicted octanol–water partition coefficient (Wildman–Crippen LogP) is 1.90. The molecule has 0 aliphatic carbocycles. The summed E-state index contributed by atoms with van der Waals surface area (Å²) in [5.74, 6) is -2.13. The van der Waals surface area contributed by atoms with Crippen molar-refractivity contribution in [2.45, 2.75) is 39.9 Å². The van der Waals surface area contributed by atoms with Crippen molar-refractivity contribution in [3.63, 3.8) is 0 Å². The molecule has 0 saturated carbocycles. The van der Waals surface area contributed by atoms with Crippen LogP contribution in [0.15, 0.2) is 24.3 Å². The van der Waals surface area contributed by atoms with Crippen molar-refractivity contribution < 1.29 is 38.1 Å². The van der Waals surface area contributed by atoms with Crippen LogP contribution >= 0.6 is 0 Å². The lowest BCUT2D eigenvalue weighted by molar-refractivity contribution is -0.148. The molecule has 0 spiro atoms. The molecule has 142 valence electrons. The van der Waals surface area contributed by atoms with Gasteiger partial charge in [-0.05, 0) is 38.1 Å². The van der Waals surface area contributed by atoms with Gasteiger partial charge in [0.1, 0.15) is 25.4 Å². The second kappa shape index (κ2) is 10.2. The molecule has 0 N–H and O–H groups in total. The highest BCUT2D eigenvalue weighted by molar-refractivity contribution is 5.93. The first kappa shape index (κ1) is 21.1. The Bertz CT molecular complexity index is 593. The van der Waals surface area contributed by atoms with Crippen LogP contribution in [0.5, 0.6) is 0 Å². The van der Waals surface area contributed by atoms with Crippen LogP contribution in [0.4, 0.5) is 0 Å². The fourth-order valence-electron chi connectivity index (χ4n) is 1.93. The average molecular weight is 366 g/mol. The summed E-state index contributed by atoms with van der Waals surface area (Å²) in [6, 6.07) is 5.69. The van der Waals surface area contributed by atoms with Gasteiger partial charge in [-0.2, -0.15) is 0 Å². The van der Waals surface area contributed by atoms with Gasteiger partial charge in [0.25, 0.3) is 0 Å². The van der Waals surface area contributed by atoms with E-state index in [9.17, 15) is 19.2 Å². The molecule has 1 rings (SSSR count). The minimum Gasteiger partial charge on any atom is -0.459 e. The summed E-state index contributed by atoms with van der Waals surface area (Å²) in [6.07, 6.45) is -1.10. The second-order valence-electron chi connectivity index (χ2n) is 5.61. The number of rotatable bonds is 8. The van der Waals surface area contributed by atoms with E-state index in [4.69, 9.17) is 18.9 Å². The number of esters is 4. The zero-order valence-electron chi connectivity index (χ0n) is 15.1. The van der Waals surface area contributed by atoms with Crippen LogP contribution in [-0.2, 0) is 28.5 Å². The summed E-state index contributed by atoms with van der Waals surface area (Å²) in [6.45, 7) is 5.59. The monoisotopic (exact) mass is 366 g/mol. The van der Waals surface area contributed by atoms with Crippen LogP contribution in [0.25, 0.3) is 0 Å². The van der Waals surface area contributed by atoms with E-state index in [-0.39, 0.29) is 24.3 Å². The minimum atomic E-state index is -0.604. The Balaban J connectivity index is 2.51. The first-order valence-electron chi connectivity index (χ1n) is 7.97. The first-order valence-corrected chi connectivity index (χ1v) is 7.97. The zero-order valence-corrected chi connectivity index (χ0v) is 15.1. The molecule has 8 heteroatoms. The van der Waals surface area contributed by atoms with Gasteiger partial charge in [0.05, 0.1) is 11.1 Å². The summed E-state index contributed by atoms with van der Waals surface area (Å²) in [7, 11) is 0. The van der Waals surface area contributed by atoms with E-state index in [1.807, 2.05) is 0 Å². The fraction of sp³-hybridized carbons (Fsp3) is 0.444. The predicted molar refractivity (Wildman–Crippen MR) is 89.5 cm³/mol. The zero-order chi connectivity index (χ0) is 19.7. The SMILES string of the molecule is CC(=O)O[C@@H](C)COC(=O)c1ccc(C(=O)OC[C@H](C)OC(C)=O)cc1. The van der Waals surface area contributed by atoms with Gasteiger partial charge >= 0.3 is 23.9 Å². The summed E-state index contributed by atoms with van der Waals surface area (Å²) in [5.41, 5.74) is 0.481. The standard InChI is InChI=1S/C18H22O8/c1-11(25-13(3)19)9-23-17(21)15-5-7-16(8-6-15)18(22)24-10-12(2)26-14(4)20/h5-8,11-12H,9-10H2,1-4H3/t11-,12-/m0/s1. The molecular formula is C18H22O8. The Labute approximate surface area is 151 Å². The molecule has 26 heavy (non-hydrogen) atoms. The van der Waals surface area contributed by atoms with Crippen LogP contribution < -0.4 is 0 Å². The summed E-state index contributed by atoms with van der Waals surface area (Å²) in [5, 5.41) is 0. The molecular weight excluding hydrogens is 344 g/mol. The third kappa shape index (κ3) is 7.78. The number of hydrogen-bond donors (Lipinski definition) is 0. The van der Waals surface area contributed by atoms with E-state index >= 15 is 0 Å². The lowest BCUT2D eigenvalue weighted by Crippen LogP contribution is -2.21. The largest absolute Gasteiger partial charge is 0.459 e. The lowest BCUT2D eigenvalue weighted by Gasteiger charge is -2.13. The summed E-state index contributed by atoms with van der Waals surface area (Å²) < 4.78 is 19.7. The van der Waals surface area contributed by atoms with Gasteiger partial charge in [0, 0.05) is 13.8 Å². The molecule has 2 atom stereocenters. The van der Waals surface area contributed by atoms with Gasteiger partial charge in [0.2, 0.25) is 0 Å². The van der Waals surface area contributed by atoms with Gasteiger partial charge in [-0.1, -0.05) is 0 Å². The highest BCUT2D eigenvalue weighted by Crippen LogP contribution is 2.09. The lowest BCUT2D eigenvalue weighted by atomic mass is 10.1. The molecule has 8 nitrogen and oxygen atoms in total. The molecule has 0 aliphatic heterocycles. The van der Waals surface area contributed by atoms with Gasteiger partial charge in [-0.3, -0.25) is 9.59 Å². The van der Waals surface area contributed by atoms with E-state index in [0.717, 1.165) is 0 Å². The Hall–Kier alpha value is -2.90. The van der Waals surface area contributed by atoms with E-state index in [1.165, 1.54) is 38.1 Å². The topological polar surface area (TPSA) is 105 Å². The molecule has 0 aromatic heterocycles.